The lowest BCUT2D eigenvalue weighted by molar-refractivity contribution is 0.470. The molecule has 1 N–H and O–H groups in total. The molecule has 5 rings (SSSR count). The van der Waals surface area contributed by atoms with Gasteiger partial charge in [-0.2, -0.15) is 0 Å². The summed E-state index contributed by atoms with van der Waals surface area (Å²) < 4.78 is 24.0. The Kier molecular flexibility index (Phi) is 6.23. The molecular formula is C27H30N4O2S. The maximum atomic E-state index is 12.0. The van der Waals surface area contributed by atoms with Gasteiger partial charge in [-0.05, 0) is 60.7 Å². The number of rotatable bonds is 5. The molecule has 1 unspecified atom stereocenters. The number of nitrogens with zero attached hydrogens (tertiary/aromatic N) is 3. The Balaban J connectivity index is 1.30. The summed E-state index contributed by atoms with van der Waals surface area (Å²) in [5.74, 6) is 0.686. The van der Waals surface area contributed by atoms with E-state index in [9.17, 15) is 8.42 Å². The van der Waals surface area contributed by atoms with Gasteiger partial charge >= 0.3 is 0 Å². The van der Waals surface area contributed by atoms with Crippen LogP contribution in [0.2, 0.25) is 0 Å². The van der Waals surface area contributed by atoms with E-state index in [0.717, 1.165) is 50.0 Å². The fraction of sp³-hybridized carbons (Fsp3) is 0.333. The van der Waals surface area contributed by atoms with Crippen molar-refractivity contribution >= 4 is 37.5 Å². The van der Waals surface area contributed by atoms with Gasteiger partial charge in [0.1, 0.15) is 0 Å². The molecular weight excluding hydrogens is 444 g/mol. The van der Waals surface area contributed by atoms with Crippen molar-refractivity contribution in [2.45, 2.75) is 43.7 Å². The molecule has 1 fully saturated rings. The molecule has 0 aliphatic carbocycles. The predicted molar refractivity (Wildman–Crippen MR) is 138 cm³/mol. The van der Waals surface area contributed by atoms with Crippen molar-refractivity contribution < 1.29 is 8.42 Å². The minimum atomic E-state index is -3.28. The second kappa shape index (κ2) is 9.31. The zero-order valence-corrected chi connectivity index (χ0v) is 20.5. The molecule has 4 aromatic rings. The molecule has 1 aliphatic rings. The quantitative estimate of drug-likeness (QED) is 0.454. The normalized spacial score (nSPS) is 17.2. The number of aromatic nitrogens is 2. The van der Waals surface area contributed by atoms with Crippen molar-refractivity contribution in [3.63, 3.8) is 0 Å². The zero-order chi connectivity index (χ0) is 23.7. The number of anilines is 1. The lowest BCUT2D eigenvalue weighted by atomic mass is 10.0. The van der Waals surface area contributed by atoms with Crippen LogP contribution in [-0.2, 0) is 16.4 Å². The van der Waals surface area contributed by atoms with Crippen LogP contribution in [0.5, 0.6) is 0 Å². The fourth-order valence-electron chi connectivity index (χ4n) is 4.83. The third-order valence-corrected chi connectivity index (χ3v) is 7.86. The number of hydrogen-bond donors (Lipinski definition) is 1. The van der Waals surface area contributed by atoms with Crippen LogP contribution in [0.15, 0.2) is 65.6 Å². The van der Waals surface area contributed by atoms with Crippen LogP contribution in [0.25, 0.3) is 21.7 Å². The van der Waals surface area contributed by atoms with Crippen LogP contribution in [0.4, 0.5) is 5.95 Å². The van der Waals surface area contributed by atoms with Crippen molar-refractivity contribution in [2.75, 3.05) is 24.2 Å². The molecule has 1 aliphatic heterocycles. The molecule has 2 heterocycles. The van der Waals surface area contributed by atoms with Crippen LogP contribution >= 0.6 is 0 Å². The first-order valence-electron chi connectivity index (χ1n) is 11.8. The Hall–Kier alpha value is -3.03. The van der Waals surface area contributed by atoms with Crippen LogP contribution in [0.3, 0.4) is 0 Å². The van der Waals surface area contributed by atoms with Gasteiger partial charge in [-0.1, -0.05) is 42.5 Å². The molecule has 176 valence electrons. The van der Waals surface area contributed by atoms with E-state index in [1.165, 1.54) is 22.6 Å². The minimum Gasteiger partial charge on any atom is -0.341 e. The van der Waals surface area contributed by atoms with Crippen molar-refractivity contribution in [3.8, 4) is 0 Å². The summed E-state index contributed by atoms with van der Waals surface area (Å²) in [6, 6.07) is 20.6. The van der Waals surface area contributed by atoms with Crippen LogP contribution in [-0.4, -0.2) is 43.8 Å². The van der Waals surface area contributed by atoms with E-state index in [1.54, 1.807) is 18.2 Å². The van der Waals surface area contributed by atoms with Gasteiger partial charge < -0.3 is 10.2 Å². The number of benzene rings is 3. The molecule has 1 saturated heterocycles. The summed E-state index contributed by atoms with van der Waals surface area (Å²) >= 11 is 0. The SMILES string of the molecule is Cc1nc(N2CCCC(NCc3cccc4ccccc34)CC2)nc2cc(S(C)(=O)=O)ccc12. The maximum absolute atomic E-state index is 12.0. The Labute approximate surface area is 201 Å². The van der Waals surface area contributed by atoms with Gasteiger partial charge in [0.2, 0.25) is 5.95 Å². The third-order valence-electron chi connectivity index (χ3n) is 6.75. The zero-order valence-electron chi connectivity index (χ0n) is 19.7. The summed E-state index contributed by atoms with van der Waals surface area (Å²) in [6.07, 6.45) is 4.39. The summed E-state index contributed by atoms with van der Waals surface area (Å²) in [5, 5.41) is 7.24. The number of nitrogens with one attached hydrogen (secondary N) is 1. The van der Waals surface area contributed by atoms with Crippen molar-refractivity contribution in [1.82, 2.24) is 15.3 Å². The lowest BCUT2D eigenvalue weighted by Crippen LogP contribution is -2.31. The molecule has 0 bridgehead atoms. The lowest BCUT2D eigenvalue weighted by Gasteiger charge is -2.22. The van der Waals surface area contributed by atoms with E-state index in [4.69, 9.17) is 9.97 Å². The summed E-state index contributed by atoms with van der Waals surface area (Å²) in [7, 11) is -3.28. The topological polar surface area (TPSA) is 75.2 Å². The van der Waals surface area contributed by atoms with Gasteiger partial charge in [0.15, 0.2) is 9.84 Å². The highest BCUT2D eigenvalue weighted by Crippen LogP contribution is 2.25. The van der Waals surface area contributed by atoms with Crippen LogP contribution in [0, 0.1) is 6.92 Å². The summed E-state index contributed by atoms with van der Waals surface area (Å²) in [4.78, 5) is 12.0. The molecule has 1 aromatic heterocycles. The highest BCUT2D eigenvalue weighted by molar-refractivity contribution is 7.90. The first-order chi connectivity index (χ1) is 16.4. The van der Waals surface area contributed by atoms with E-state index in [0.29, 0.717) is 17.5 Å². The molecule has 1 atom stereocenters. The molecule has 6 nitrogen and oxygen atoms in total. The highest BCUT2D eigenvalue weighted by atomic mass is 32.2. The first-order valence-corrected chi connectivity index (χ1v) is 13.7. The largest absolute Gasteiger partial charge is 0.341 e. The smallest absolute Gasteiger partial charge is 0.226 e. The third kappa shape index (κ3) is 4.76. The number of sulfone groups is 1. The first kappa shape index (κ1) is 22.7. The molecule has 7 heteroatoms. The van der Waals surface area contributed by atoms with E-state index in [-0.39, 0.29) is 4.90 Å². The Morgan fingerprint density at radius 3 is 2.65 bits per heavy atom. The van der Waals surface area contributed by atoms with Crippen LogP contribution < -0.4 is 10.2 Å². The Bertz CT molecular complexity index is 1450. The second-order valence-corrected chi connectivity index (χ2v) is 11.2. The highest BCUT2D eigenvalue weighted by Gasteiger charge is 2.20. The van der Waals surface area contributed by atoms with Gasteiger partial charge in [-0.25, -0.2) is 18.4 Å². The van der Waals surface area contributed by atoms with Crippen molar-refractivity contribution in [1.29, 1.82) is 0 Å². The number of hydrogen-bond acceptors (Lipinski definition) is 6. The monoisotopic (exact) mass is 474 g/mol. The van der Waals surface area contributed by atoms with E-state index in [2.05, 4.69) is 52.7 Å². The van der Waals surface area contributed by atoms with Crippen molar-refractivity contribution in [3.05, 3.63) is 71.9 Å². The Morgan fingerprint density at radius 2 is 1.79 bits per heavy atom. The molecule has 34 heavy (non-hydrogen) atoms. The average Bonchev–Trinajstić information content (AvgIpc) is 3.07. The standard InChI is InChI=1S/C27H30N4O2S/c1-19-24-13-12-23(34(2,32)33)17-26(24)30-27(29-19)31-15-6-10-22(14-16-31)28-18-21-9-5-8-20-7-3-4-11-25(20)21/h3-5,7-9,11-13,17,22,28H,6,10,14-16,18H2,1-2H3. The minimum absolute atomic E-state index is 0.289. The summed E-state index contributed by atoms with van der Waals surface area (Å²) in [6.45, 7) is 4.57. The number of fused-ring (bicyclic) bond motifs is 2. The van der Waals surface area contributed by atoms with E-state index < -0.39 is 9.84 Å². The predicted octanol–water partition coefficient (Wildman–Crippen LogP) is 4.64. The van der Waals surface area contributed by atoms with Gasteiger partial charge in [0, 0.05) is 37.3 Å². The van der Waals surface area contributed by atoms with Gasteiger partial charge in [0.05, 0.1) is 16.1 Å². The van der Waals surface area contributed by atoms with Crippen LogP contribution in [0.1, 0.15) is 30.5 Å². The molecule has 0 saturated carbocycles. The fourth-order valence-corrected chi connectivity index (χ4v) is 5.47. The molecule has 0 amide bonds. The van der Waals surface area contributed by atoms with E-state index >= 15 is 0 Å². The van der Waals surface area contributed by atoms with Crippen molar-refractivity contribution in [2.24, 2.45) is 0 Å². The second-order valence-electron chi connectivity index (χ2n) is 9.19. The van der Waals surface area contributed by atoms with Gasteiger partial charge in [0.25, 0.3) is 0 Å². The average molecular weight is 475 g/mol. The van der Waals surface area contributed by atoms with E-state index in [1.807, 2.05) is 6.92 Å². The maximum Gasteiger partial charge on any atom is 0.226 e. The molecule has 3 aromatic carbocycles. The number of aryl methyl sites for hydroxylation is 1. The molecule has 0 spiro atoms. The molecule has 0 radical (unpaired) electrons. The van der Waals surface area contributed by atoms with Gasteiger partial charge in [-0.15, -0.1) is 0 Å². The Morgan fingerprint density at radius 1 is 0.971 bits per heavy atom. The van der Waals surface area contributed by atoms with Gasteiger partial charge in [-0.3, -0.25) is 0 Å². The summed E-state index contributed by atoms with van der Waals surface area (Å²) in [5.41, 5.74) is 2.88.